The van der Waals surface area contributed by atoms with Crippen molar-refractivity contribution in [2.24, 2.45) is 5.41 Å². The lowest BCUT2D eigenvalue weighted by molar-refractivity contribution is 0.0511. The second kappa shape index (κ2) is 6.21. The third-order valence-corrected chi connectivity index (χ3v) is 3.84. The van der Waals surface area contributed by atoms with E-state index in [-0.39, 0.29) is 11.3 Å². The standard InChI is InChI=1S/C11H18N4O2S/c1-17-8-11(2-4-12-5-3-11)7-13-10(16)9-6-18-15-14-9/h6,12H,2-5,7-8H2,1H3,(H,13,16). The molecule has 1 fully saturated rings. The molecule has 0 aromatic carbocycles. The fourth-order valence-corrected chi connectivity index (χ4v) is 2.69. The van der Waals surface area contributed by atoms with Gasteiger partial charge in [0, 0.05) is 24.4 Å². The Balaban J connectivity index is 1.91. The van der Waals surface area contributed by atoms with Crippen molar-refractivity contribution < 1.29 is 9.53 Å². The van der Waals surface area contributed by atoms with E-state index in [4.69, 9.17) is 4.74 Å². The number of nitrogens with one attached hydrogen (secondary N) is 2. The summed E-state index contributed by atoms with van der Waals surface area (Å²) < 4.78 is 8.99. The summed E-state index contributed by atoms with van der Waals surface area (Å²) in [6.45, 7) is 3.23. The summed E-state index contributed by atoms with van der Waals surface area (Å²) in [7, 11) is 1.70. The number of nitrogens with zero attached hydrogens (tertiary/aromatic N) is 2. The Bertz CT molecular complexity index is 371. The molecular weight excluding hydrogens is 252 g/mol. The van der Waals surface area contributed by atoms with Crippen molar-refractivity contribution in [3.05, 3.63) is 11.1 Å². The number of hydrogen-bond donors (Lipinski definition) is 2. The van der Waals surface area contributed by atoms with Crippen molar-refractivity contribution in [2.45, 2.75) is 12.8 Å². The van der Waals surface area contributed by atoms with Crippen LogP contribution in [0.4, 0.5) is 0 Å². The predicted molar refractivity (Wildman–Crippen MR) is 68.7 cm³/mol. The van der Waals surface area contributed by atoms with Crippen LogP contribution in [0.5, 0.6) is 0 Å². The van der Waals surface area contributed by atoms with Crippen LogP contribution in [0.25, 0.3) is 0 Å². The zero-order chi connectivity index (χ0) is 12.8. The van der Waals surface area contributed by atoms with Crippen molar-refractivity contribution in [2.75, 3.05) is 33.4 Å². The van der Waals surface area contributed by atoms with Crippen LogP contribution in [-0.2, 0) is 4.74 Å². The van der Waals surface area contributed by atoms with Gasteiger partial charge in [-0.1, -0.05) is 4.49 Å². The first-order valence-corrected chi connectivity index (χ1v) is 6.84. The number of aromatic nitrogens is 2. The molecule has 0 saturated carbocycles. The molecule has 0 atom stereocenters. The van der Waals surface area contributed by atoms with Crippen LogP contribution >= 0.6 is 11.5 Å². The molecule has 6 nitrogen and oxygen atoms in total. The summed E-state index contributed by atoms with van der Waals surface area (Å²) in [5, 5.41) is 11.7. The summed E-state index contributed by atoms with van der Waals surface area (Å²) in [5.74, 6) is -0.155. The van der Waals surface area contributed by atoms with Gasteiger partial charge in [-0.05, 0) is 37.5 Å². The maximum atomic E-state index is 11.8. The fourth-order valence-electron chi connectivity index (χ4n) is 2.26. The van der Waals surface area contributed by atoms with Gasteiger partial charge in [-0.15, -0.1) is 5.10 Å². The van der Waals surface area contributed by atoms with E-state index in [0.29, 0.717) is 18.8 Å². The van der Waals surface area contributed by atoms with Crippen molar-refractivity contribution in [1.82, 2.24) is 20.2 Å². The van der Waals surface area contributed by atoms with Crippen LogP contribution in [0.1, 0.15) is 23.3 Å². The quantitative estimate of drug-likeness (QED) is 0.804. The molecule has 18 heavy (non-hydrogen) atoms. The third-order valence-electron chi connectivity index (χ3n) is 3.33. The van der Waals surface area contributed by atoms with Gasteiger partial charge in [0.1, 0.15) is 0 Å². The van der Waals surface area contributed by atoms with Crippen molar-refractivity contribution >= 4 is 17.4 Å². The highest BCUT2D eigenvalue weighted by Crippen LogP contribution is 2.28. The number of ether oxygens (including phenoxy) is 1. The summed E-state index contributed by atoms with van der Waals surface area (Å²) in [6, 6.07) is 0. The number of methoxy groups -OCH3 is 1. The summed E-state index contributed by atoms with van der Waals surface area (Å²) >= 11 is 1.18. The van der Waals surface area contributed by atoms with E-state index >= 15 is 0 Å². The molecule has 1 aliphatic rings. The van der Waals surface area contributed by atoms with E-state index in [1.165, 1.54) is 11.5 Å². The van der Waals surface area contributed by atoms with E-state index in [0.717, 1.165) is 25.9 Å². The lowest BCUT2D eigenvalue weighted by Crippen LogP contribution is -2.47. The van der Waals surface area contributed by atoms with E-state index in [1.54, 1.807) is 12.5 Å². The second-order valence-electron chi connectivity index (χ2n) is 4.66. The van der Waals surface area contributed by atoms with Gasteiger partial charge >= 0.3 is 0 Å². The minimum atomic E-state index is -0.155. The number of carbonyl (C=O) groups excluding carboxylic acids is 1. The summed E-state index contributed by atoms with van der Waals surface area (Å²) in [6.07, 6.45) is 2.02. The second-order valence-corrected chi connectivity index (χ2v) is 5.27. The molecule has 2 heterocycles. The maximum Gasteiger partial charge on any atom is 0.272 e. The van der Waals surface area contributed by atoms with Gasteiger partial charge in [0.2, 0.25) is 0 Å². The Morgan fingerprint density at radius 1 is 1.61 bits per heavy atom. The third kappa shape index (κ3) is 3.24. The molecule has 1 aliphatic heterocycles. The van der Waals surface area contributed by atoms with Gasteiger partial charge < -0.3 is 15.4 Å². The van der Waals surface area contributed by atoms with Gasteiger partial charge in [-0.3, -0.25) is 4.79 Å². The zero-order valence-electron chi connectivity index (χ0n) is 10.4. The highest BCUT2D eigenvalue weighted by molar-refractivity contribution is 7.03. The van der Waals surface area contributed by atoms with Gasteiger partial charge in [0.25, 0.3) is 5.91 Å². The van der Waals surface area contributed by atoms with Crippen molar-refractivity contribution in [1.29, 1.82) is 0 Å². The first-order chi connectivity index (χ1) is 8.76. The van der Waals surface area contributed by atoms with Crippen LogP contribution in [0.2, 0.25) is 0 Å². The Morgan fingerprint density at radius 2 is 2.39 bits per heavy atom. The molecule has 0 aliphatic carbocycles. The molecule has 0 unspecified atom stereocenters. The average molecular weight is 270 g/mol. The molecule has 1 aromatic heterocycles. The molecule has 2 rings (SSSR count). The van der Waals surface area contributed by atoms with E-state index < -0.39 is 0 Å². The van der Waals surface area contributed by atoms with Crippen LogP contribution in [-0.4, -0.2) is 48.8 Å². The van der Waals surface area contributed by atoms with Crippen LogP contribution in [0.15, 0.2) is 5.38 Å². The normalized spacial score (nSPS) is 18.5. The van der Waals surface area contributed by atoms with Crippen LogP contribution in [0, 0.1) is 5.41 Å². The van der Waals surface area contributed by atoms with Crippen molar-refractivity contribution in [3.8, 4) is 0 Å². The molecule has 7 heteroatoms. The van der Waals surface area contributed by atoms with Crippen LogP contribution in [0.3, 0.4) is 0 Å². The monoisotopic (exact) mass is 270 g/mol. The van der Waals surface area contributed by atoms with Gasteiger partial charge in [-0.2, -0.15) is 0 Å². The Hall–Kier alpha value is -1.05. The van der Waals surface area contributed by atoms with E-state index in [9.17, 15) is 4.79 Å². The largest absolute Gasteiger partial charge is 0.384 e. The van der Waals surface area contributed by atoms with Gasteiger partial charge in [0.15, 0.2) is 5.69 Å². The number of carbonyl (C=O) groups is 1. The van der Waals surface area contributed by atoms with Crippen LogP contribution < -0.4 is 10.6 Å². The average Bonchev–Trinajstić information content (AvgIpc) is 2.91. The Kier molecular flexibility index (Phi) is 4.62. The number of rotatable bonds is 5. The first-order valence-electron chi connectivity index (χ1n) is 6.01. The molecule has 1 saturated heterocycles. The number of amides is 1. The summed E-state index contributed by atoms with van der Waals surface area (Å²) in [5.41, 5.74) is 0.431. The minimum absolute atomic E-state index is 0.0408. The lowest BCUT2D eigenvalue weighted by atomic mass is 9.79. The number of hydrogen-bond acceptors (Lipinski definition) is 6. The molecular formula is C11H18N4O2S. The van der Waals surface area contributed by atoms with Crippen molar-refractivity contribution in [3.63, 3.8) is 0 Å². The molecule has 2 N–H and O–H groups in total. The molecule has 1 aromatic rings. The smallest absolute Gasteiger partial charge is 0.272 e. The molecule has 0 radical (unpaired) electrons. The molecule has 0 spiro atoms. The Labute approximate surface area is 110 Å². The minimum Gasteiger partial charge on any atom is -0.384 e. The summed E-state index contributed by atoms with van der Waals surface area (Å²) in [4.78, 5) is 11.8. The number of piperidine rings is 1. The highest BCUT2D eigenvalue weighted by atomic mass is 32.1. The van der Waals surface area contributed by atoms with Gasteiger partial charge in [0.05, 0.1) is 6.61 Å². The van der Waals surface area contributed by atoms with E-state index in [1.807, 2.05) is 0 Å². The fraction of sp³-hybridized carbons (Fsp3) is 0.727. The lowest BCUT2D eigenvalue weighted by Gasteiger charge is -2.37. The topological polar surface area (TPSA) is 76.1 Å². The SMILES string of the molecule is COCC1(CNC(=O)c2csnn2)CCNCC1. The van der Waals surface area contributed by atoms with E-state index in [2.05, 4.69) is 20.2 Å². The maximum absolute atomic E-state index is 11.8. The molecule has 0 bridgehead atoms. The molecule has 1 amide bonds. The zero-order valence-corrected chi connectivity index (χ0v) is 11.3. The predicted octanol–water partition coefficient (Wildman–Crippen LogP) is 0.284. The highest BCUT2D eigenvalue weighted by Gasteiger charge is 2.32. The Morgan fingerprint density at radius 3 is 3.00 bits per heavy atom. The van der Waals surface area contributed by atoms with Gasteiger partial charge in [-0.25, -0.2) is 0 Å². The first kappa shape index (κ1) is 13.4. The molecule has 100 valence electrons.